The fraction of sp³-hybridized carbons (Fsp3) is 0.667. The molecule has 2 aliphatic rings. The highest BCUT2D eigenvalue weighted by atomic mass is 16.5. The average Bonchev–Trinajstić information content (AvgIpc) is 3.35. The second-order valence-electron chi connectivity index (χ2n) is 8.21. The minimum Gasteiger partial charge on any atom is -0.376 e. The van der Waals surface area contributed by atoms with Crippen molar-refractivity contribution in [1.29, 1.82) is 0 Å². The van der Waals surface area contributed by atoms with Gasteiger partial charge in [-0.2, -0.15) is 0 Å². The number of aromatic nitrogens is 5. The molecule has 1 unspecified atom stereocenters. The molecule has 1 atom stereocenters. The van der Waals surface area contributed by atoms with Crippen molar-refractivity contribution in [1.82, 2.24) is 35.0 Å². The lowest BCUT2D eigenvalue weighted by Gasteiger charge is -2.26. The van der Waals surface area contributed by atoms with Gasteiger partial charge in [-0.3, -0.25) is 14.7 Å². The van der Waals surface area contributed by atoms with Crippen molar-refractivity contribution in [2.24, 2.45) is 0 Å². The van der Waals surface area contributed by atoms with Gasteiger partial charge >= 0.3 is 0 Å². The molecule has 9 nitrogen and oxygen atoms in total. The molecule has 2 aliphatic heterocycles. The first-order valence-corrected chi connectivity index (χ1v) is 11.0. The zero-order valence-electron chi connectivity index (χ0n) is 17.5. The van der Waals surface area contributed by atoms with Crippen LogP contribution in [0.25, 0.3) is 0 Å². The predicted octanol–water partition coefficient (Wildman–Crippen LogP) is 1.65. The van der Waals surface area contributed by atoms with Crippen molar-refractivity contribution in [3.8, 4) is 0 Å². The molecular formula is C21H31N7O2. The summed E-state index contributed by atoms with van der Waals surface area (Å²) in [6, 6.07) is 3.88. The van der Waals surface area contributed by atoms with E-state index in [0.717, 1.165) is 43.9 Å². The summed E-state index contributed by atoms with van der Waals surface area (Å²) in [4.78, 5) is 21.6. The molecule has 0 saturated carbocycles. The first-order chi connectivity index (χ1) is 14.8. The molecule has 1 amide bonds. The Morgan fingerprint density at radius 2 is 1.93 bits per heavy atom. The van der Waals surface area contributed by atoms with Crippen LogP contribution in [0.5, 0.6) is 0 Å². The second-order valence-corrected chi connectivity index (χ2v) is 8.21. The van der Waals surface area contributed by atoms with Crippen LogP contribution in [0.4, 0.5) is 0 Å². The van der Waals surface area contributed by atoms with Gasteiger partial charge in [0.05, 0.1) is 12.6 Å². The minimum absolute atomic E-state index is 0.00623. The number of carbonyl (C=O) groups excluding carboxylic acids is 1. The lowest BCUT2D eigenvalue weighted by molar-refractivity contribution is -0.134. The van der Waals surface area contributed by atoms with E-state index in [0.29, 0.717) is 19.6 Å². The summed E-state index contributed by atoms with van der Waals surface area (Å²) >= 11 is 0. The third-order valence-corrected chi connectivity index (χ3v) is 5.88. The smallest absolute Gasteiger partial charge is 0.244 e. The fourth-order valence-corrected chi connectivity index (χ4v) is 4.18. The Balaban J connectivity index is 1.42. The number of likely N-dealkylation sites (tertiary alicyclic amines) is 1. The zero-order chi connectivity index (χ0) is 20.6. The molecule has 2 aromatic heterocycles. The predicted molar refractivity (Wildman–Crippen MR) is 110 cm³/mol. The zero-order valence-corrected chi connectivity index (χ0v) is 17.5. The van der Waals surface area contributed by atoms with Crippen LogP contribution >= 0.6 is 0 Å². The molecule has 0 spiro atoms. The number of tetrazole rings is 1. The van der Waals surface area contributed by atoms with Gasteiger partial charge < -0.3 is 9.64 Å². The van der Waals surface area contributed by atoms with Crippen LogP contribution in [-0.2, 0) is 29.2 Å². The van der Waals surface area contributed by atoms with Crippen molar-refractivity contribution in [3.63, 3.8) is 0 Å². The molecule has 9 heteroatoms. The van der Waals surface area contributed by atoms with E-state index in [4.69, 9.17) is 4.74 Å². The molecule has 2 aromatic rings. The minimum atomic E-state index is 0.00623. The Labute approximate surface area is 177 Å². The summed E-state index contributed by atoms with van der Waals surface area (Å²) in [7, 11) is 0. The lowest BCUT2D eigenvalue weighted by Crippen LogP contribution is -2.39. The van der Waals surface area contributed by atoms with Gasteiger partial charge in [0.2, 0.25) is 5.91 Å². The first kappa shape index (κ1) is 20.9. The van der Waals surface area contributed by atoms with Gasteiger partial charge in [0, 0.05) is 32.1 Å². The molecule has 2 fully saturated rings. The quantitative estimate of drug-likeness (QED) is 0.650. The Bertz CT molecular complexity index is 784. The third-order valence-electron chi connectivity index (χ3n) is 5.88. The van der Waals surface area contributed by atoms with Gasteiger partial charge in [0.25, 0.3) is 0 Å². The highest BCUT2D eigenvalue weighted by Crippen LogP contribution is 2.16. The maximum Gasteiger partial charge on any atom is 0.244 e. The lowest BCUT2D eigenvalue weighted by atomic mass is 10.2. The Kier molecular flexibility index (Phi) is 7.36. The van der Waals surface area contributed by atoms with E-state index in [2.05, 4.69) is 25.4 Å². The number of carbonyl (C=O) groups is 1. The highest BCUT2D eigenvalue weighted by Gasteiger charge is 2.24. The molecule has 4 rings (SSSR count). The van der Waals surface area contributed by atoms with Gasteiger partial charge in [-0.15, -0.1) is 5.10 Å². The van der Waals surface area contributed by atoms with Gasteiger partial charge in [0.1, 0.15) is 6.54 Å². The van der Waals surface area contributed by atoms with Crippen LogP contribution in [0.2, 0.25) is 0 Å². The summed E-state index contributed by atoms with van der Waals surface area (Å²) in [5.41, 5.74) is 1.05. The van der Waals surface area contributed by atoms with Crippen molar-refractivity contribution >= 4 is 5.91 Å². The standard InChI is InChI=1S/C21H31N7O2/c29-21(17-28-20(23-24-25-28)16-26-11-3-1-2-4-12-26)27(15-19-6-5-13-30-19)14-18-7-9-22-10-8-18/h7-10,19H,1-6,11-17H2. The Morgan fingerprint density at radius 1 is 1.13 bits per heavy atom. The number of amides is 1. The molecular weight excluding hydrogens is 382 g/mol. The molecule has 0 aliphatic carbocycles. The first-order valence-electron chi connectivity index (χ1n) is 11.0. The molecule has 162 valence electrons. The van der Waals surface area contributed by atoms with Crippen molar-refractivity contribution in [2.45, 2.75) is 64.3 Å². The fourth-order valence-electron chi connectivity index (χ4n) is 4.18. The van der Waals surface area contributed by atoms with Crippen LogP contribution in [0.15, 0.2) is 24.5 Å². The molecule has 4 heterocycles. The molecule has 2 saturated heterocycles. The summed E-state index contributed by atoms with van der Waals surface area (Å²) in [5, 5.41) is 12.1. The normalized spacial score (nSPS) is 20.2. The Hall–Kier alpha value is -2.39. The van der Waals surface area contributed by atoms with Crippen molar-refractivity contribution in [2.75, 3.05) is 26.2 Å². The maximum atomic E-state index is 13.2. The Morgan fingerprint density at radius 3 is 2.67 bits per heavy atom. The summed E-state index contributed by atoms with van der Waals surface area (Å²) in [6.07, 6.45) is 10.6. The van der Waals surface area contributed by atoms with Crippen LogP contribution in [-0.4, -0.2) is 73.2 Å². The topological polar surface area (TPSA) is 89.3 Å². The van der Waals surface area contributed by atoms with E-state index in [1.165, 1.54) is 25.7 Å². The van der Waals surface area contributed by atoms with Crippen LogP contribution < -0.4 is 0 Å². The van der Waals surface area contributed by atoms with Gasteiger partial charge in [-0.25, -0.2) is 4.68 Å². The van der Waals surface area contributed by atoms with Crippen LogP contribution in [0, 0.1) is 0 Å². The number of hydrogen-bond donors (Lipinski definition) is 0. The number of nitrogens with zero attached hydrogens (tertiary/aromatic N) is 7. The van der Waals surface area contributed by atoms with E-state index in [-0.39, 0.29) is 18.6 Å². The van der Waals surface area contributed by atoms with E-state index in [1.54, 1.807) is 17.1 Å². The molecule has 30 heavy (non-hydrogen) atoms. The van der Waals surface area contributed by atoms with Gasteiger partial charge in [-0.1, -0.05) is 12.8 Å². The number of pyridine rings is 1. The summed E-state index contributed by atoms with van der Waals surface area (Å²) in [5.74, 6) is 0.762. The number of ether oxygens (including phenoxy) is 1. The van der Waals surface area contributed by atoms with Crippen LogP contribution in [0.3, 0.4) is 0 Å². The average molecular weight is 414 g/mol. The molecule has 0 N–H and O–H groups in total. The third kappa shape index (κ3) is 5.82. The summed E-state index contributed by atoms with van der Waals surface area (Å²) in [6.45, 7) is 4.86. The summed E-state index contributed by atoms with van der Waals surface area (Å²) < 4.78 is 7.44. The molecule has 0 aromatic carbocycles. The number of hydrogen-bond acceptors (Lipinski definition) is 7. The van der Waals surface area contributed by atoms with Crippen LogP contribution in [0.1, 0.15) is 49.9 Å². The van der Waals surface area contributed by atoms with Crippen molar-refractivity contribution < 1.29 is 9.53 Å². The van der Waals surface area contributed by atoms with E-state index < -0.39 is 0 Å². The largest absolute Gasteiger partial charge is 0.376 e. The number of rotatable bonds is 8. The van der Waals surface area contributed by atoms with E-state index >= 15 is 0 Å². The van der Waals surface area contributed by atoms with Gasteiger partial charge in [0.15, 0.2) is 5.82 Å². The highest BCUT2D eigenvalue weighted by molar-refractivity contribution is 5.76. The second kappa shape index (κ2) is 10.6. The molecule has 0 radical (unpaired) electrons. The monoisotopic (exact) mass is 413 g/mol. The van der Waals surface area contributed by atoms with Crippen molar-refractivity contribution in [3.05, 3.63) is 35.9 Å². The van der Waals surface area contributed by atoms with E-state index in [9.17, 15) is 4.79 Å². The van der Waals surface area contributed by atoms with E-state index in [1.807, 2.05) is 17.0 Å². The molecule has 0 bridgehead atoms. The SMILES string of the molecule is O=C(Cn1nnnc1CN1CCCCCC1)N(Cc1ccncc1)CC1CCCO1. The van der Waals surface area contributed by atoms with Gasteiger partial charge in [-0.05, 0) is 66.9 Å². The maximum absolute atomic E-state index is 13.2.